The number of aromatic nitrogens is 9. The van der Waals surface area contributed by atoms with Crippen molar-refractivity contribution in [2.24, 2.45) is 0 Å². The van der Waals surface area contributed by atoms with Gasteiger partial charge in [0.1, 0.15) is 23.3 Å². The molecule has 0 aliphatic carbocycles. The minimum Gasteiger partial charge on any atom is -0.309 e. The maximum absolute atomic E-state index is 5.87. The highest BCUT2D eigenvalue weighted by Gasteiger charge is 2.26. The fraction of sp³-hybridized carbons (Fsp3) is 0. The SMILES string of the molecule is c1ccc(-n2c3ccccc3c3ccccc32)c(-c2cc(-n3c4ccccc4c4ccccc43)nc(-n3c4ccccc4c4c(-c5ccc6c(c5)c5ccccc5n6-c5cc(-n6c7ccccc7c7ccccc76)nc(-c6ccccc6-n6c7ccccc7c7ccccc76)n5)cccc43)c2)c1. The van der Waals surface area contributed by atoms with E-state index in [4.69, 9.17) is 15.0 Å². The van der Waals surface area contributed by atoms with Gasteiger partial charge >= 0.3 is 0 Å². The minimum absolute atomic E-state index is 0.613. The summed E-state index contributed by atoms with van der Waals surface area (Å²) in [5.74, 6) is 3.77. The number of para-hydroxylation sites is 12. The summed E-state index contributed by atoms with van der Waals surface area (Å²) in [7, 11) is 0. The monoisotopic (exact) mass is 1300 g/mol. The molecular weight excluding hydrogens is 1240 g/mol. The molecule has 0 saturated heterocycles. The summed E-state index contributed by atoms with van der Waals surface area (Å²) in [5, 5.41) is 14.0. The van der Waals surface area contributed by atoms with Gasteiger partial charge in [-0.25, -0.2) is 15.0 Å². The first-order valence-electron chi connectivity index (χ1n) is 34.8. The number of benzene rings is 14. The van der Waals surface area contributed by atoms with Crippen molar-refractivity contribution < 1.29 is 0 Å². The van der Waals surface area contributed by atoms with Crippen LogP contribution in [0.25, 0.3) is 199 Å². The van der Waals surface area contributed by atoms with Crippen LogP contribution in [0, 0.1) is 0 Å². The quantitative estimate of drug-likeness (QED) is 0.145. The molecule has 0 bridgehead atoms. The van der Waals surface area contributed by atoms with Crippen molar-refractivity contribution in [2.75, 3.05) is 0 Å². The largest absolute Gasteiger partial charge is 0.309 e. The van der Waals surface area contributed by atoms with Crippen molar-refractivity contribution in [3.05, 3.63) is 346 Å². The summed E-state index contributed by atoms with van der Waals surface area (Å²) in [6.07, 6.45) is 0. The van der Waals surface area contributed by atoms with Crippen LogP contribution in [0.15, 0.2) is 346 Å². The third-order valence-corrected chi connectivity index (χ3v) is 21.3. The topological polar surface area (TPSA) is 68.2 Å². The fourth-order valence-electron chi connectivity index (χ4n) is 17.0. The molecule has 0 aliphatic heterocycles. The highest BCUT2D eigenvalue weighted by molar-refractivity contribution is 6.19. The van der Waals surface area contributed by atoms with Gasteiger partial charge in [-0.3, -0.25) is 18.3 Å². The second kappa shape index (κ2) is 21.8. The average molecular weight is 1300 g/mol. The summed E-state index contributed by atoms with van der Waals surface area (Å²) in [4.78, 5) is 17.3. The lowest BCUT2D eigenvalue weighted by atomic mass is 9.98. The van der Waals surface area contributed by atoms with E-state index in [-0.39, 0.29) is 0 Å². The van der Waals surface area contributed by atoms with Crippen LogP contribution in [0.4, 0.5) is 0 Å². The first-order valence-corrected chi connectivity index (χ1v) is 34.8. The highest BCUT2D eigenvalue weighted by Crippen LogP contribution is 2.45. The van der Waals surface area contributed by atoms with Gasteiger partial charge < -0.3 is 9.13 Å². The standard InChI is InChI=1S/C93H57N9/c1-13-39-74(97-75-40-14-2-27-62(75)63-28-3-15-41-76(63)97)60(26-1)59-55-88(99-79-44-18-6-31-66(79)67-32-7-19-45-80(67)99)94-89(56-59)102-84-49-23-11-36-71(84)92-61(38-25-51-87(92)102)58-52-53-86-73(54-58)70-35-10-22-48-83(70)101(86)91-57-90(100-81-46-20-8-33-68(81)69-34-9-21-47-82(69)100)95-93(96-91)72-37-12-24-50-85(72)98-77-42-16-4-29-64(77)65-30-5-17-43-78(65)98/h1-57H. The van der Waals surface area contributed by atoms with Crippen LogP contribution < -0.4 is 0 Å². The predicted octanol–water partition coefficient (Wildman–Crippen LogP) is 23.5. The average Bonchev–Trinajstić information content (AvgIpc) is 1.57. The van der Waals surface area contributed by atoms with Gasteiger partial charge in [-0.2, -0.15) is 0 Å². The molecule has 0 amide bonds. The lowest BCUT2D eigenvalue weighted by Crippen LogP contribution is -2.07. The number of rotatable bonds is 9. The molecule has 14 aromatic carbocycles. The molecule has 0 radical (unpaired) electrons. The third kappa shape index (κ3) is 8.12. The van der Waals surface area contributed by atoms with Crippen molar-refractivity contribution >= 4 is 131 Å². The Morgan fingerprint density at radius 2 is 0.451 bits per heavy atom. The van der Waals surface area contributed by atoms with Crippen LogP contribution in [0.3, 0.4) is 0 Å². The molecule has 9 nitrogen and oxygen atoms in total. The summed E-state index contributed by atoms with van der Waals surface area (Å²) in [5.41, 5.74) is 20.4. The van der Waals surface area contributed by atoms with Crippen molar-refractivity contribution in [1.82, 2.24) is 42.4 Å². The first-order chi connectivity index (χ1) is 50.6. The number of hydrogen-bond acceptors (Lipinski definition) is 3. The first kappa shape index (κ1) is 56.2. The van der Waals surface area contributed by atoms with Gasteiger partial charge in [-0.1, -0.05) is 231 Å². The number of fused-ring (bicyclic) bond motifs is 18. The van der Waals surface area contributed by atoms with Gasteiger partial charge in [0.25, 0.3) is 0 Å². The lowest BCUT2D eigenvalue weighted by Gasteiger charge is -2.18. The molecule has 0 aliphatic rings. The molecule has 8 aromatic heterocycles. The predicted molar refractivity (Wildman–Crippen MR) is 422 cm³/mol. The Hall–Kier alpha value is -13.9. The van der Waals surface area contributed by atoms with Gasteiger partial charge in [0, 0.05) is 81.8 Å². The van der Waals surface area contributed by atoms with Crippen molar-refractivity contribution in [1.29, 1.82) is 0 Å². The molecule has 474 valence electrons. The Bertz CT molecular complexity index is 7080. The zero-order chi connectivity index (χ0) is 66.7. The Labute approximate surface area is 583 Å². The maximum Gasteiger partial charge on any atom is 0.166 e. The Balaban J connectivity index is 0.759. The molecule has 0 N–H and O–H groups in total. The van der Waals surface area contributed by atoms with Crippen LogP contribution in [0.2, 0.25) is 0 Å². The second-order valence-electron chi connectivity index (χ2n) is 26.6. The van der Waals surface area contributed by atoms with Crippen LogP contribution >= 0.6 is 0 Å². The van der Waals surface area contributed by atoms with Crippen LogP contribution in [0.1, 0.15) is 0 Å². The molecule has 8 heterocycles. The van der Waals surface area contributed by atoms with E-state index in [2.05, 4.69) is 373 Å². The summed E-state index contributed by atoms with van der Waals surface area (Å²) < 4.78 is 14.2. The van der Waals surface area contributed by atoms with Crippen molar-refractivity contribution in [3.8, 4) is 68.3 Å². The zero-order valence-electron chi connectivity index (χ0n) is 54.9. The summed E-state index contributed by atoms with van der Waals surface area (Å²) >= 11 is 0. The molecule has 0 spiro atoms. The Kier molecular flexibility index (Phi) is 12.0. The molecule has 9 heteroatoms. The summed E-state index contributed by atoms with van der Waals surface area (Å²) in [6.45, 7) is 0. The van der Waals surface area contributed by atoms with Crippen molar-refractivity contribution in [2.45, 2.75) is 0 Å². The van der Waals surface area contributed by atoms with Crippen molar-refractivity contribution in [3.63, 3.8) is 0 Å². The van der Waals surface area contributed by atoms with E-state index in [0.717, 1.165) is 161 Å². The van der Waals surface area contributed by atoms with E-state index < -0.39 is 0 Å². The molecule has 0 fully saturated rings. The molecular formula is C93H57N9. The van der Waals surface area contributed by atoms with Gasteiger partial charge in [-0.15, -0.1) is 0 Å². The minimum atomic E-state index is 0.613. The van der Waals surface area contributed by atoms with E-state index in [1.54, 1.807) is 0 Å². The fourth-order valence-corrected chi connectivity index (χ4v) is 17.0. The molecule has 0 saturated carbocycles. The molecule has 102 heavy (non-hydrogen) atoms. The second-order valence-corrected chi connectivity index (χ2v) is 26.6. The third-order valence-electron chi connectivity index (χ3n) is 21.3. The summed E-state index contributed by atoms with van der Waals surface area (Å²) in [6, 6.07) is 125. The number of pyridine rings is 1. The Morgan fingerprint density at radius 3 is 0.873 bits per heavy atom. The maximum atomic E-state index is 5.87. The Morgan fingerprint density at radius 1 is 0.167 bits per heavy atom. The van der Waals surface area contributed by atoms with E-state index in [1.807, 2.05) is 0 Å². The highest BCUT2D eigenvalue weighted by atomic mass is 15.2. The van der Waals surface area contributed by atoms with E-state index >= 15 is 0 Å². The smallest absolute Gasteiger partial charge is 0.166 e. The van der Waals surface area contributed by atoms with Crippen LogP contribution in [-0.2, 0) is 0 Å². The molecule has 22 rings (SSSR count). The number of hydrogen-bond donors (Lipinski definition) is 0. The molecule has 0 unspecified atom stereocenters. The van der Waals surface area contributed by atoms with Gasteiger partial charge in [0.2, 0.25) is 0 Å². The normalized spacial score (nSPS) is 12.1. The van der Waals surface area contributed by atoms with Gasteiger partial charge in [0.15, 0.2) is 5.82 Å². The van der Waals surface area contributed by atoms with E-state index in [1.165, 1.54) is 32.3 Å². The van der Waals surface area contributed by atoms with E-state index in [9.17, 15) is 0 Å². The van der Waals surface area contributed by atoms with E-state index in [0.29, 0.717) is 5.82 Å². The molecule has 0 atom stereocenters. The molecule has 22 aromatic rings. The van der Waals surface area contributed by atoms with Crippen LogP contribution in [0.5, 0.6) is 0 Å². The van der Waals surface area contributed by atoms with Gasteiger partial charge in [-0.05, 0) is 126 Å². The van der Waals surface area contributed by atoms with Gasteiger partial charge in [0.05, 0.1) is 77.6 Å². The van der Waals surface area contributed by atoms with Crippen LogP contribution in [-0.4, -0.2) is 42.4 Å². The lowest BCUT2D eigenvalue weighted by molar-refractivity contribution is 0.991. The zero-order valence-corrected chi connectivity index (χ0v) is 54.9. The number of nitrogens with zero attached hydrogens (tertiary/aromatic N) is 9.